The van der Waals surface area contributed by atoms with Crippen molar-refractivity contribution in [2.45, 2.75) is 34.6 Å². The summed E-state index contributed by atoms with van der Waals surface area (Å²) in [5.74, 6) is 0.0807. The van der Waals surface area contributed by atoms with Gasteiger partial charge in [0.25, 0.3) is 0 Å². The van der Waals surface area contributed by atoms with Gasteiger partial charge in [0, 0.05) is 0 Å². The van der Waals surface area contributed by atoms with E-state index in [0.717, 1.165) is 5.57 Å². The second kappa shape index (κ2) is 9.24. The van der Waals surface area contributed by atoms with Crippen LogP contribution < -0.4 is 0 Å². The lowest BCUT2D eigenvalue weighted by Crippen LogP contribution is -1.87. The highest BCUT2D eigenvalue weighted by Crippen LogP contribution is 2.11. The third-order valence-electron chi connectivity index (χ3n) is 1.39. The Kier molecular flexibility index (Phi) is 10.4. The molecule has 0 fully saturated rings. The summed E-state index contributed by atoms with van der Waals surface area (Å²) < 4.78 is 12.7. The molecule has 0 bridgehead atoms. The molecule has 1 heteroatoms. The largest absolute Gasteiger partial charge is 0.207 e. The molecule has 0 aliphatic carbocycles. The Balaban J connectivity index is 0. The van der Waals surface area contributed by atoms with Crippen molar-refractivity contribution in [3.63, 3.8) is 0 Å². The Morgan fingerprint density at radius 2 is 1.77 bits per heavy atom. The lowest BCUT2D eigenvalue weighted by atomic mass is 10.1. The zero-order valence-electron chi connectivity index (χ0n) is 9.39. The van der Waals surface area contributed by atoms with Crippen LogP contribution in [0.4, 0.5) is 4.39 Å². The van der Waals surface area contributed by atoms with Crippen molar-refractivity contribution < 1.29 is 4.39 Å². The maximum atomic E-state index is 12.7. The average Bonchev–Trinajstić information content (AvgIpc) is 2.08. The molecule has 0 N–H and O–H groups in total. The molecule has 0 atom stereocenters. The van der Waals surface area contributed by atoms with Crippen LogP contribution in [0.3, 0.4) is 0 Å². The van der Waals surface area contributed by atoms with Gasteiger partial charge in [0.15, 0.2) is 0 Å². The summed E-state index contributed by atoms with van der Waals surface area (Å²) in [6.07, 6.45) is 4.55. The minimum absolute atomic E-state index is 0.230. The van der Waals surface area contributed by atoms with E-state index in [2.05, 4.69) is 6.58 Å². The maximum Gasteiger partial charge on any atom is 0.123 e. The second-order valence-corrected chi connectivity index (χ2v) is 2.76. The third kappa shape index (κ3) is 9.06. The molecule has 0 saturated heterocycles. The summed E-state index contributed by atoms with van der Waals surface area (Å²) in [5, 5.41) is 0. The fourth-order valence-electron chi connectivity index (χ4n) is 0.551. The van der Waals surface area contributed by atoms with Gasteiger partial charge in [0.1, 0.15) is 5.83 Å². The molecule has 0 amide bonds. The quantitative estimate of drug-likeness (QED) is 0.560. The highest BCUT2D eigenvalue weighted by Gasteiger charge is 1.96. The molecule has 0 radical (unpaired) electrons. The minimum atomic E-state index is -0.230. The van der Waals surface area contributed by atoms with E-state index in [4.69, 9.17) is 0 Å². The van der Waals surface area contributed by atoms with E-state index >= 15 is 0 Å². The highest BCUT2D eigenvalue weighted by atomic mass is 19.1. The molecule has 0 unspecified atom stereocenters. The Morgan fingerprint density at radius 1 is 1.31 bits per heavy atom. The van der Waals surface area contributed by atoms with Crippen LogP contribution in [0.5, 0.6) is 0 Å². The van der Waals surface area contributed by atoms with Gasteiger partial charge in [-0.25, -0.2) is 4.39 Å². The van der Waals surface area contributed by atoms with E-state index in [1.807, 2.05) is 27.7 Å². The molecular weight excluding hydrogens is 163 g/mol. The molecule has 0 aliphatic rings. The Labute approximate surface area is 81.9 Å². The summed E-state index contributed by atoms with van der Waals surface area (Å²) in [5.41, 5.74) is 0.820. The van der Waals surface area contributed by atoms with Crippen molar-refractivity contribution in [3.8, 4) is 0 Å². The summed E-state index contributed by atoms with van der Waals surface area (Å²) in [4.78, 5) is 0. The van der Waals surface area contributed by atoms with Gasteiger partial charge in [0.05, 0.1) is 0 Å². The monoisotopic (exact) mass is 184 g/mol. The van der Waals surface area contributed by atoms with Gasteiger partial charge in [-0.3, -0.25) is 0 Å². The van der Waals surface area contributed by atoms with Crippen molar-refractivity contribution in [1.29, 1.82) is 0 Å². The van der Waals surface area contributed by atoms with Crippen molar-refractivity contribution in [2.75, 3.05) is 0 Å². The van der Waals surface area contributed by atoms with Crippen molar-refractivity contribution in [3.05, 3.63) is 36.2 Å². The predicted molar refractivity (Wildman–Crippen MR) is 59.3 cm³/mol. The van der Waals surface area contributed by atoms with Crippen molar-refractivity contribution in [2.24, 2.45) is 5.92 Å². The Morgan fingerprint density at radius 3 is 2.08 bits per heavy atom. The predicted octanol–water partition coefficient (Wildman–Crippen LogP) is 4.65. The van der Waals surface area contributed by atoms with Gasteiger partial charge in [-0.2, -0.15) is 0 Å². The molecule has 76 valence electrons. The van der Waals surface area contributed by atoms with Gasteiger partial charge < -0.3 is 0 Å². The van der Waals surface area contributed by atoms with Crippen LogP contribution in [0, 0.1) is 5.92 Å². The zero-order chi connectivity index (χ0) is 10.9. The smallest absolute Gasteiger partial charge is 0.123 e. The molecule has 0 rings (SSSR count). The molecule has 0 nitrogen and oxygen atoms in total. The number of rotatable bonds is 3. The second-order valence-electron chi connectivity index (χ2n) is 2.76. The first-order chi connectivity index (χ1) is 6.07. The first-order valence-corrected chi connectivity index (χ1v) is 4.76. The van der Waals surface area contributed by atoms with E-state index < -0.39 is 0 Å². The fraction of sp³-hybridized carbons (Fsp3) is 0.500. The molecule has 0 aromatic heterocycles. The zero-order valence-corrected chi connectivity index (χ0v) is 9.39. The maximum absolute atomic E-state index is 12.7. The molecule has 0 heterocycles. The van der Waals surface area contributed by atoms with E-state index in [-0.39, 0.29) is 5.83 Å². The summed E-state index contributed by atoms with van der Waals surface area (Å²) in [7, 11) is 0. The third-order valence-corrected chi connectivity index (χ3v) is 1.39. The van der Waals surface area contributed by atoms with Crippen molar-refractivity contribution in [1.82, 2.24) is 0 Å². The van der Waals surface area contributed by atoms with Gasteiger partial charge >= 0.3 is 0 Å². The van der Waals surface area contributed by atoms with Crippen LogP contribution in [0.15, 0.2) is 36.2 Å². The van der Waals surface area contributed by atoms with Gasteiger partial charge in [0.2, 0.25) is 0 Å². The molecule has 0 spiro atoms. The van der Waals surface area contributed by atoms with E-state index in [1.165, 1.54) is 12.2 Å². The normalized spacial score (nSPS) is 11.5. The summed E-state index contributed by atoms with van der Waals surface area (Å²) >= 11 is 0. The summed E-state index contributed by atoms with van der Waals surface area (Å²) in [6, 6.07) is 0. The van der Waals surface area contributed by atoms with E-state index in [9.17, 15) is 4.39 Å². The summed E-state index contributed by atoms with van der Waals surface area (Å²) in [6.45, 7) is 13.5. The Bertz CT molecular complexity index is 185. The molecule has 0 aliphatic heterocycles. The number of hydrogen-bond donors (Lipinski definition) is 0. The van der Waals surface area contributed by atoms with Crippen LogP contribution in [0.1, 0.15) is 34.6 Å². The molecular formula is C12H21F. The Hall–Kier alpha value is -0.850. The van der Waals surface area contributed by atoms with E-state index in [0.29, 0.717) is 5.92 Å². The van der Waals surface area contributed by atoms with Crippen LogP contribution in [-0.4, -0.2) is 0 Å². The first kappa shape index (κ1) is 14.7. The molecule has 13 heavy (non-hydrogen) atoms. The molecule has 0 aromatic carbocycles. The van der Waals surface area contributed by atoms with Crippen LogP contribution in [-0.2, 0) is 0 Å². The van der Waals surface area contributed by atoms with Crippen molar-refractivity contribution >= 4 is 0 Å². The van der Waals surface area contributed by atoms with Gasteiger partial charge in [-0.1, -0.05) is 40.3 Å². The van der Waals surface area contributed by atoms with Crippen LogP contribution in [0.2, 0.25) is 0 Å². The molecule has 0 saturated carbocycles. The van der Waals surface area contributed by atoms with Gasteiger partial charge in [-0.05, 0) is 30.6 Å². The van der Waals surface area contributed by atoms with E-state index in [1.54, 1.807) is 13.0 Å². The van der Waals surface area contributed by atoms with Gasteiger partial charge in [-0.15, -0.1) is 0 Å². The number of allylic oxidation sites excluding steroid dienone is 5. The average molecular weight is 184 g/mol. The lowest BCUT2D eigenvalue weighted by Gasteiger charge is -2.01. The van der Waals surface area contributed by atoms with Crippen LogP contribution in [0.25, 0.3) is 0 Å². The SMILES string of the molecule is C=C(/C=C(F)\C=C/C)C(C)C.CC. The topological polar surface area (TPSA) is 0 Å². The first-order valence-electron chi connectivity index (χ1n) is 4.76. The standard InChI is InChI=1S/C10H15F.C2H6/c1-5-6-10(11)7-9(4)8(2)3;1-2/h5-8H,4H2,1-3H3;1-2H3/b6-5-,10-7+;. The number of hydrogen-bond acceptors (Lipinski definition) is 0. The fourth-order valence-corrected chi connectivity index (χ4v) is 0.551. The molecule has 0 aromatic rings. The highest BCUT2D eigenvalue weighted by molar-refractivity contribution is 5.24. The minimum Gasteiger partial charge on any atom is -0.207 e. The van der Waals surface area contributed by atoms with Crippen LogP contribution >= 0.6 is 0 Å². The number of halogens is 1. The lowest BCUT2D eigenvalue weighted by molar-refractivity contribution is 0.660.